The van der Waals surface area contributed by atoms with Gasteiger partial charge in [-0.1, -0.05) is 18.2 Å². The molecule has 6 heteroatoms. The van der Waals surface area contributed by atoms with Crippen molar-refractivity contribution in [2.45, 2.75) is 25.8 Å². The first kappa shape index (κ1) is 19.0. The number of guanidine groups is 1. The van der Waals surface area contributed by atoms with Gasteiger partial charge in [0.05, 0.1) is 13.7 Å². The molecular weight excluding hydrogens is 340 g/mol. The van der Waals surface area contributed by atoms with Crippen LogP contribution < -0.4 is 14.8 Å². The first-order chi connectivity index (χ1) is 13.2. The van der Waals surface area contributed by atoms with Crippen LogP contribution in [0, 0.1) is 0 Å². The number of hydrogen-bond acceptors (Lipinski definition) is 4. The fourth-order valence-corrected chi connectivity index (χ4v) is 3.43. The van der Waals surface area contributed by atoms with E-state index in [1.807, 2.05) is 38.2 Å². The first-order valence-electron chi connectivity index (χ1n) is 9.41. The Morgan fingerprint density at radius 2 is 2.11 bits per heavy atom. The van der Waals surface area contributed by atoms with E-state index in [-0.39, 0.29) is 0 Å². The lowest BCUT2D eigenvalue weighted by atomic mass is 9.98. The monoisotopic (exact) mass is 368 g/mol. The SMILES string of the molecule is CCOc1ncccc1CNC(=NC)N1CCC(c2ccc(OC)cc2)C1. The molecular formula is C21H28N4O2. The minimum Gasteiger partial charge on any atom is -0.497 e. The second-order valence-electron chi connectivity index (χ2n) is 6.51. The van der Waals surface area contributed by atoms with Crippen molar-refractivity contribution in [3.8, 4) is 11.6 Å². The lowest BCUT2D eigenvalue weighted by Gasteiger charge is -2.22. The van der Waals surface area contributed by atoms with E-state index in [0.29, 0.717) is 24.9 Å². The number of methoxy groups -OCH3 is 1. The Morgan fingerprint density at radius 3 is 2.81 bits per heavy atom. The van der Waals surface area contributed by atoms with Crippen LogP contribution in [0.5, 0.6) is 11.6 Å². The number of nitrogens with one attached hydrogen (secondary N) is 1. The molecule has 0 amide bonds. The van der Waals surface area contributed by atoms with Crippen LogP contribution in [0.4, 0.5) is 0 Å². The number of nitrogens with zero attached hydrogens (tertiary/aromatic N) is 3. The Balaban J connectivity index is 1.60. The highest BCUT2D eigenvalue weighted by Gasteiger charge is 2.26. The molecule has 1 aliphatic rings. The average Bonchev–Trinajstić information content (AvgIpc) is 3.20. The van der Waals surface area contributed by atoms with E-state index in [0.717, 1.165) is 36.8 Å². The quantitative estimate of drug-likeness (QED) is 0.627. The second kappa shape index (κ2) is 9.26. The van der Waals surface area contributed by atoms with E-state index in [4.69, 9.17) is 9.47 Å². The number of likely N-dealkylation sites (tertiary alicyclic amines) is 1. The van der Waals surface area contributed by atoms with Gasteiger partial charge in [-0.05, 0) is 37.1 Å². The van der Waals surface area contributed by atoms with E-state index in [9.17, 15) is 0 Å². The van der Waals surface area contributed by atoms with Crippen LogP contribution in [0.15, 0.2) is 47.6 Å². The molecule has 144 valence electrons. The molecule has 27 heavy (non-hydrogen) atoms. The van der Waals surface area contributed by atoms with Crippen LogP contribution in [-0.4, -0.2) is 49.7 Å². The maximum absolute atomic E-state index is 5.61. The Labute approximate surface area is 161 Å². The first-order valence-corrected chi connectivity index (χ1v) is 9.41. The van der Waals surface area contributed by atoms with Gasteiger partial charge in [-0.25, -0.2) is 4.98 Å². The van der Waals surface area contributed by atoms with Crippen molar-refractivity contribution in [3.05, 3.63) is 53.7 Å². The molecule has 2 heterocycles. The van der Waals surface area contributed by atoms with E-state index in [1.54, 1.807) is 13.3 Å². The predicted octanol–water partition coefficient (Wildman–Crippen LogP) is 3.05. The van der Waals surface area contributed by atoms with Gasteiger partial charge < -0.3 is 19.7 Å². The molecule has 6 nitrogen and oxygen atoms in total. The Bertz CT molecular complexity index is 761. The molecule has 0 bridgehead atoms. The van der Waals surface area contributed by atoms with Crippen LogP contribution in [0.1, 0.15) is 30.4 Å². The topological polar surface area (TPSA) is 59.0 Å². The molecule has 1 fully saturated rings. The van der Waals surface area contributed by atoms with Gasteiger partial charge >= 0.3 is 0 Å². The number of benzene rings is 1. The molecule has 1 atom stereocenters. The predicted molar refractivity (Wildman–Crippen MR) is 108 cm³/mol. The molecule has 1 aromatic heterocycles. The molecule has 1 aromatic carbocycles. The van der Waals surface area contributed by atoms with Crippen LogP contribution >= 0.6 is 0 Å². The molecule has 0 saturated carbocycles. The molecule has 3 rings (SSSR count). The molecule has 0 radical (unpaired) electrons. The Hall–Kier alpha value is -2.76. The number of rotatable bonds is 6. The third-order valence-electron chi connectivity index (χ3n) is 4.85. The van der Waals surface area contributed by atoms with Gasteiger partial charge in [-0.3, -0.25) is 4.99 Å². The molecule has 1 N–H and O–H groups in total. The summed E-state index contributed by atoms with van der Waals surface area (Å²) in [6.07, 6.45) is 2.87. The van der Waals surface area contributed by atoms with Crippen molar-refractivity contribution < 1.29 is 9.47 Å². The number of aromatic nitrogens is 1. The fraction of sp³-hybridized carbons (Fsp3) is 0.429. The zero-order valence-corrected chi connectivity index (χ0v) is 16.3. The van der Waals surface area contributed by atoms with Crippen molar-refractivity contribution in [2.24, 2.45) is 4.99 Å². The summed E-state index contributed by atoms with van der Waals surface area (Å²) >= 11 is 0. The molecule has 0 aliphatic carbocycles. The summed E-state index contributed by atoms with van der Waals surface area (Å²) in [7, 11) is 3.52. The summed E-state index contributed by atoms with van der Waals surface area (Å²) in [5, 5.41) is 3.45. The second-order valence-corrected chi connectivity index (χ2v) is 6.51. The minimum absolute atomic E-state index is 0.506. The van der Waals surface area contributed by atoms with Gasteiger partial charge in [0, 0.05) is 44.4 Å². The summed E-state index contributed by atoms with van der Waals surface area (Å²) in [5.74, 6) is 3.00. The molecule has 0 spiro atoms. The normalized spacial score (nSPS) is 17.1. The van der Waals surface area contributed by atoms with E-state index >= 15 is 0 Å². The van der Waals surface area contributed by atoms with Crippen molar-refractivity contribution in [1.29, 1.82) is 0 Å². The van der Waals surface area contributed by atoms with Crippen LogP contribution in [0.2, 0.25) is 0 Å². The molecule has 2 aromatic rings. The zero-order chi connectivity index (χ0) is 19.1. The van der Waals surface area contributed by atoms with Gasteiger partial charge in [0.15, 0.2) is 5.96 Å². The summed E-state index contributed by atoms with van der Waals surface area (Å²) in [6, 6.07) is 12.3. The molecule has 1 aliphatic heterocycles. The van der Waals surface area contributed by atoms with Crippen molar-refractivity contribution >= 4 is 5.96 Å². The third-order valence-corrected chi connectivity index (χ3v) is 4.85. The van der Waals surface area contributed by atoms with Crippen molar-refractivity contribution in [2.75, 3.05) is 33.9 Å². The smallest absolute Gasteiger partial charge is 0.218 e. The van der Waals surface area contributed by atoms with Crippen LogP contribution in [0.25, 0.3) is 0 Å². The number of ether oxygens (including phenoxy) is 2. The van der Waals surface area contributed by atoms with Gasteiger partial charge in [0.25, 0.3) is 0 Å². The number of pyridine rings is 1. The van der Waals surface area contributed by atoms with Crippen molar-refractivity contribution in [3.63, 3.8) is 0 Å². The lowest BCUT2D eigenvalue weighted by molar-refractivity contribution is 0.322. The lowest BCUT2D eigenvalue weighted by Crippen LogP contribution is -2.39. The van der Waals surface area contributed by atoms with Gasteiger partial charge in [0.1, 0.15) is 5.75 Å². The van der Waals surface area contributed by atoms with Crippen molar-refractivity contribution in [1.82, 2.24) is 15.2 Å². The third kappa shape index (κ3) is 4.70. The van der Waals surface area contributed by atoms with E-state index < -0.39 is 0 Å². The molecule has 1 unspecified atom stereocenters. The molecule has 1 saturated heterocycles. The van der Waals surface area contributed by atoms with Crippen LogP contribution in [-0.2, 0) is 6.54 Å². The van der Waals surface area contributed by atoms with Gasteiger partial charge in [0.2, 0.25) is 5.88 Å². The maximum Gasteiger partial charge on any atom is 0.218 e. The highest BCUT2D eigenvalue weighted by Crippen LogP contribution is 2.28. The number of hydrogen-bond donors (Lipinski definition) is 1. The summed E-state index contributed by atoms with van der Waals surface area (Å²) in [6.45, 7) is 5.15. The standard InChI is InChI=1S/C21H28N4O2/c1-4-27-20-17(6-5-12-23-20)14-24-21(22-2)25-13-11-18(15-25)16-7-9-19(26-3)10-8-16/h5-10,12,18H,4,11,13-15H2,1-3H3,(H,22,24). The fourth-order valence-electron chi connectivity index (χ4n) is 3.43. The average molecular weight is 368 g/mol. The minimum atomic E-state index is 0.506. The summed E-state index contributed by atoms with van der Waals surface area (Å²) in [4.78, 5) is 11.1. The summed E-state index contributed by atoms with van der Waals surface area (Å²) in [5.41, 5.74) is 2.38. The zero-order valence-electron chi connectivity index (χ0n) is 16.3. The highest BCUT2D eigenvalue weighted by molar-refractivity contribution is 5.80. The maximum atomic E-state index is 5.61. The Morgan fingerprint density at radius 1 is 1.30 bits per heavy atom. The summed E-state index contributed by atoms with van der Waals surface area (Å²) < 4.78 is 10.9. The van der Waals surface area contributed by atoms with Gasteiger partial charge in [-0.2, -0.15) is 0 Å². The van der Waals surface area contributed by atoms with E-state index in [2.05, 4.69) is 32.3 Å². The van der Waals surface area contributed by atoms with E-state index in [1.165, 1.54) is 5.56 Å². The number of aliphatic imine (C=N–C) groups is 1. The Kier molecular flexibility index (Phi) is 6.52. The van der Waals surface area contributed by atoms with Gasteiger partial charge in [-0.15, -0.1) is 0 Å². The highest BCUT2D eigenvalue weighted by atomic mass is 16.5. The van der Waals surface area contributed by atoms with Crippen LogP contribution in [0.3, 0.4) is 0 Å². The largest absolute Gasteiger partial charge is 0.497 e.